The highest BCUT2D eigenvalue weighted by Gasteiger charge is 2.11. The summed E-state index contributed by atoms with van der Waals surface area (Å²) in [6, 6.07) is 0. The van der Waals surface area contributed by atoms with Crippen molar-refractivity contribution in [3.8, 4) is 0 Å². The predicted octanol–water partition coefficient (Wildman–Crippen LogP) is -1.49. The predicted molar refractivity (Wildman–Crippen MR) is 33.4 cm³/mol. The largest absolute Gasteiger partial charge is 0.370 e. The minimum Gasteiger partial charge on any atom is -0.370 e. The number of quaternary nitrogens is 1. The Morgan fingerprint density at radius 1 is 1.44 bits per heavy atom. The van der Waals surface area contributed by atoms with Crippen molar-refractivity contribution in [2.75, 3.05) is 40.1 Å². The first-order chi connectivity index (χ1) is 4.43. The van der Waals surface area contributed by atoms with Crippen molar-refractivity contribution in [1.29, 1.82) is 0 Å². The van der Waals surface area contributed by atoms with Gasteiger partial charge in [-0.3, -0.25) is 0 Å². The first-order valence-electron chi connectivity index (χ1n) is 3.33. The van der Waals surface area contributed by atoms with E-state index in [1.165, 1.54) is 4.90 Å². The van der Waals surface area contributed by atoms with Crippen LogP contribution in [0.1, 0.15) is 0 Å². The number of hydrogen-bond donors (Lipinski definition) is 1. The molecule has 0 spiro atoms. The van der Waals surface area contributed by atoms with E-state index in [0.717, 1.165) is 33.0 Å². The van der Waals surface area contributed by atoms with Gasteiger partial charge in [-0.25, -0.2) is 0 Å². The molecule has 1 heterocycles. The van der Waals surface area contributed by atoms with Gasteiger partial charge in [-0.1, -0.05) is 0 Å². The number of morpholine rings is 1. The molecule has 0 aromatic carbocycles. The molecule has 54 valence electrons. The van der Waals surface area contributed by atoms with Crippen LogP contribution in [-0.4, -0.2) is 40.1 Å². The third-order valence-electron chi connectivity index (χ3n) is 1.55. The molecule has 0 aliphatic carbocycles. The van der Waals surface area contributed by atoms with Crippen LogP contribution >= 0.6 is 0 Å². The molecule has 9 heavy (non-hydrogen) atoms. The van der Waals surface area contributed by atoms with Crippen LogP contribution in [0.5, 0.6) is 0 Å². The van der Waals surface area contributed by atoms with Gasteiger partial charge in [-0.2, -0.15) is 0 Å². The zero-order valence-corrected chi connectivity index (χ0v) is 5.85. The monoisotopic (exact) mass is 132 g/mol. The van der Waals surface area contributed by atoms with Gasteiger partial charge in [0.2, 0.25) is 0 Å². The van der Waals surface area contributed by atoms with E-state index in [-0.39, 0.29) is 0 Å². The van der Waals surface area contributed by atoms with Gasteiger partial charge in [0.05, 0.1) is 13.2 Å². The van der Waals surface area contributed by atoms with E-state index in [0.29, 0.717) is 0 Å². The smallest absolute Gasteiger partial charge is 0.181 e. The van der Waals surface area contributed by atoms with Gasteiger partial charge in [-0.15, -0.1) is 0 Å². The van der Waals surface area contributed by atoms with E-state index in [1.54, 1.807) is 7.11 Å². The quantitative estimate of drug-likeness (QED) is 0.494. The van der Waals surface area contributed by atoms with Crippen LogP contribution in [0.15, 0.2) is 0 Å². The van der Waals surface area contributed by atoms with Crippen LogP contribution in [0.25, 0.3) is 0 Å². The Kier molecular flexibility index (Phi) is 2.97. The molecule has 0 unspecified atom stereocenters. The average molecular weight is 132 g/mol. The molecule has 0 saturated carbocycles. The van der Waals surface area contributed by atoms with Gasteiger partial charge in [0.1, 0.15) is 13.1 Å². The lowest BCUT2D eigenvalue weighted by atomic mass is 10.5. The van der Waals surface area contributed by atoms with Crippen LogP contribution in [0.4, 0.5) is 0 Å². The third kappa shape index (κ3) is 2.30. The third-order valence-corrected chi connectivity index (χ3v) is 1.55. The summed E-state index contributed by atoms with van der Waals surface area (Å²) in [6.45, 7) is 4.78. The summed E-state index contributed by atoms with van der Waals surface area (Å²) < 4.78 is 10.2. The van der Waals surface area contributed by atoms with Crippen molar-refractivity contribution in [2.24, 2.45) is 0 Å². The van der Waals surface area contributed by atoms with E-state index in [1.807, 2.05) is 0 Å². The summed E-state index contributed by atoms with van der Waals surface area (Å²) in [4.78, 5) is 1.49. The molecule has 0 atom stereocenters. The molecule has 0 aromatic heterocycles. The summed E-state index contributed by atoms with van der Waals surface area (Å²) >= 11 is 0. The number of methoxy groups -OCH3 is 1. The van der Waals surface area contributed by atoms with Crippen molar-refractivity contribution >= 4 is 0 Å². The second kappa shape index (κ2) is 3.82. The van der Waals surface area contributed by atoms with Gasteiger partial charge < -0.3 is 14.4 Å². The highest BCUT2D eigenvalue weighted by atomic mass is 16.5. The molecule has 1 aliphatic heterocycles. The van der Waals surface area contributed by atoms with Crippen LogP contribution in [-0.2, 0) is 9.47 Å². The van der Waals surface area contributed by atoms with Gasteiger partial charge in [0.25, 0.3) is 0 Å². The minimum absolute atomic E-state index is 0.823. The summed E-state index contributed by atoms with van der Waals surface area (Å²) in [6.07, 6.45) is 0. The summed E-state index contributed by atoms with van der Waals surface area (Å²) in [5.41, 5.74) is 0. The lowest BCUT2D eigenvalue weighted by Gasteiger charge is -2.22. The lowest BCUT2D eigenvalue weighted by molar-refractivity contribution is -0.926. The van der Waals surface area contributed by atoms with Gasteiger partial charge in [-0.05, 0) is 0 Å². The van der Waals surface area contributed by atoms with Crippen molar-refractivity contribution in [3.63, 3.8) is 0 Å². The van der Waals surface area contributed by atoms with Crippen molar-refractivity contribution in [1.82, 2.24) is 0 Å². The minimum atomic E-state index is 0.823. The Bertz CT molecular complexity index is 68.7. The van der Waals surface area contributed by atoms with Crippen molar-refractivity contribution in [3.05, 3.63) is 0 Å². The van der Waals surface area contributed by atoms with Crippen molar-refractivity contribution < 1.29 is 14.4 Å². The molecule has 0 radical (unpaired) electrons. The van der Waals surface area contributed by atoms with Gasteiger partial charge in [0.15, 0.2) is 6.73 Å². The highest BCUT2D eigenvalue weighted by molar-refractivity contribution is 4.35. The Morgan fingerprint density at radius 3 is 2.67 bits per heavy atom. The zero-order valence-electron chi connectivity index (χ0n) is 5.85. The average Bonchev–Trinajstić information content (AvgIpc) is 1.91. The van der Waals surface area contributed by atoms with E-state index < -0.39 is 0 Å². The molecule has 0 aromatic rings. The maximum absolute atomic E-state index is 5.17. The van der Waals surface area contributed by atoms with Crippen molar-refractivity contribution in [2.45, 2.75) is 0 Å². The van der Waals surface area contributed by atoms with Crippen LogP contribution < -0.4 is 4.90 Å². The molecule has 1 saturated heterocycles. The fourth-order valence-corrected chi connectivity index (χ4v) is 1.01. The van der Waals surface area contributed by atoms with Gasteiger partial charge >= 0.3 is 0 Å². The molecule has 3 heteroatoms. The second-order valence-electron chi connectivity index (χ2n) is 2.30. The van der Waals surface area contributed by atoms with Gasteiger partial charge in [0, 0.05) is 7.11 Å². The molecule has 0 amide bonds. The Labute approximate surface area is 55.5 Å². The Hall–Kier alpha value is -0.120. The van der Waals surface area contributed by atoms with E-state index in [2.05, 4.69) is 0 Å². The zero-order chi connectivity index (χ0) is 6.53. The molecule has 3 nitrogen and oxygen atoms in total. The highest BCUT2D eigenvalue weighted by Crippen LogP contribution is 1.73. The maximum Gasteiger partial charge on any atom is 0.181 e. The fourth-order valence-electron chi connectivity index (χ4n) is 1.01. The molecular formula is C6H14NO2+. The summed E-state index contributed by atoms with van der Waals surface area (Å²) in [7, 11) is 1.74. The summed E-state index contributed by atoms with van der Waals surface area (Å²) in [5, 5.41) is 0. The molecule has 1 rings (SSSR count). The Morgan fingerprint density at radius 2 is 2.11 bits per heavy atom. The standard InChI is InChI=1S/C6H13NO2/c1-8-6-7-2-4-9-5-3-7/h2-6H2,1H3/p+1. The van der Waals surface area contributed by atoms with Crippen LogP contribution in [0.3, 0.4) is 0 Å². The number of nitrogens with one attached hydrogen (secondary N) is 1. The maximum atomic E-state index is 5.17. The first kappa shape index (κ1) is 6.99. The number of rotatable bonds is 2. The van der Waals surface area contributed by atoms with E-state index in [4.69, 9.17) is 9.47 Å². The normalized spacial score (nSPS) is 22.3. The number of hydrogen-bond acceptors (Lipinski definition) is 2. The van der Waals surface area contributed by atoms with E-state index in [9.17, 15) is 0 Å². The summed E-state index contributed by atoms with van der Waals surface area (Å²) in [5.74, 6) is 0. The molecule has 1 N–H and O–H groups in total. The first-order valence-corrected chi connectivity index (χ1v) is 3.33. The molecule has 0 bridgehead atoms. The molecule has 1 fully saturated rings. The van der Waals surface area contributed by atoms with Crippen LogP contribution in [0.2, 0.25) is 0 Å². The fraction of sp³-hybridized carbons (Fsp3) is 1.00. The lowest BCUT2D eigenvalue weighted by Crippen LogP contribution is -3.14. The number of ether oxygens (including phenoxy) is 2. The SMILES string of the molecule is COC[NH+]1CCOCC1. The second-order valence-corrected chi connectivity index (χ2v) is 2.30. The van der Waals surface area contributed by atoms with Crippen LogP contribution in [0, 0.1) is 0 Å². The van der Waals surface area contributed by atoms with E-state index >= 15 is 0 Å². The topological polar surface area (TPSA) is 22.9 Å². The molecular weight excluding hydrogens is 118 g/mol. The Balaban J connectivity index is 2.08. The molecule has 1 aliphatic rings.